The summed E-state index contributed by atoms with van der Waals surface area (Å²) < 4.78 is 34.9. The van der Waals surface area contributed by atoms with E-state index in [1.807, 2.05) is 31.2 Å². The molecule has 2 atom stereocenters. The van der Waals surface area contributed by atoms with Crippen LogP contribution >= 0.6 is 0 Å². The molecule has 1 aliphatic rings. The lowest BCUT2D eigenvalue weighted by Crippen LogP contribution is -2.32. The number of fused-ring (bicyclic) bond motifs is 2. The molecule has 2 aromatic heterocycles. The molecule has 8 nitrogen and oxygen atoms in total. The maximum absolute atomic E-state index is 13.5. The van der Waals surface area contributed by atoms with E-state index in [1.54, 1.807) is 18.3 Å². The topological polar surface area (TPSA) is 118 Å². The van der Waals surface area contributed by atoms with Gasteiger partial charge in [0.05, 0.1) is 5.52 Å². The zero-order valence-electron chi connectivity index (χ0n) is 17.4. The minimum Gasteiger partial charge on any atom is -0.391 e. The molecule has 0 spiro atoms. The van der Waals surface area contributed by atoms with Gasteiger partial charge in [-0.3, -0.25) is 4.98 Å². The van der Waals surface area contributed by atoms with Gasteiger partial charge in [0.2, 0.25) is 15.9 Å². The molecule has 0 bridgehead atoms. The summed E-state index contributed by atoms with van der Waals surface area (Å²) in [4.78, 5) is 16.0. The van der Waals surface area contributed by atoms with Crippen molar-refractivity contribution in [2.45, 2.75) is 43.0 Å². The lowest BCUT2D eigenvalue weighted by molar-refractivity contribution is 0.381. The molecule has 0 unspecified atom stereocenters. The number of aromatic amines is 1. The van der Waals surface area contributed by atoms with Crippen molar-refractivity contribution in [1.82, 2.24) is 19.9 Å². The maximum atomic E-state index is 13.5. The van der Waals surface area contributed by atoms with Gasteiger partial charge >= 0.3 is 5.76 Å². The van der Waals surface area contributed by atoms with Crippen LogP contribution in [0.1, 0.15) is 47.9 Å². The molecule has 0 fully saturated rings. The molecule has 9 heteroatoms. The third-order valence-corrected chi connectivity index (χ3v) is 7.53. The zero-order valence-corrected chi connectivity index (χ0v) is 18.2. The zero-order chi connectivity index (χ0) is 22.3. The Bertz CT molecular complexity index is 1450. The first-order valence-electron chi connectivity index (χ1n) is 10.5. The van der Waals surface area contributed by atoms with E-state index in [0.717, 1.165) is 24.8 Å². The highest BCUT2D eigenvalue weighted by molar-refractivity contribution is 7.89. The first-order valence-corrected chi connectivity index (χ1v) is 11.9. The van der Waals surface area contributed by atoms with Crippen LogP contribution in [0.15, 0.2) is 68.8 Å². The van der Waals surface area contributed by atoms with E-state index in [0.29, 0.717) is 10.9 Å². The standard InChI is InChI=1S/C23H22N4O4S/c1-14(17-10-2-6-15-7-3-11-18(15)17)20(22-25-26-23(28)31-22)27-32(29,30)19-12-4-8-16-9-5-13-24-21(16)19/h2,4-6,8-10,12-14,20,27H,3,7,11H2,1H3,(H,26,28)/t14-,20+/m1/s1. The fraction of sp³-hybridized carbons (Fsp3) is 0.261. The number of nitrogens with one attached hydrogen (secondary N) is 2. The third-order valence-electron chi connectivity index (χ3n) is 6.06. The second-order valence-electron chi connectivity index (χ2n) is 8.01. The Hall–Kier alpha value is -3.30. The molecule has 32 heavy (non-hydrogen) atoms. The number of H-pyrrole nitrogens is 1. The van der Waals surface area contributed by atoms with Crippen molar-refractivity contribution in [1.29, 1.82) is 0 Å². The van der Waals surface area contributed by atoms with Gasteiger partial charge in [-0.15, -0.1) is 5.10 Å². The van der Waals surface area contributed by atoms with Crippen LogP contribution in [0.2, 0.25) is 0 Å². The van der Waals surface area contributed by atoms with Crippen LogP contribution in [0, 0.1) is 0 Å². The van der Waals surface area contributed by atoms with Gasteiger partial charge in [0.1, 0.15) is 10.9 Å². The second kappa shape index (κ2) is 7.99. The smallest absolute Gasteiger partial charge is 0.391 e. The molecule has 2 aromatic carbocycles. The number of sulfonamides is 1. The van der Waals surface area contributed by atoms with E-state index >= 15 is 0 Å². The van der Waals surface area contributed by atoms with Gasteiger partial charge in [0, 0.05) is 17.5 Å². The molecule has 2 heterocycles. The summed E-state index contributed by atoms with van der Waals surface area (Å²) in [7, 11) is -4.02. The average molecular weight is 451 g/mol. The number of rotatable bonds is 6. The Balaban J connectivity index is 1.59. The molecule has 5 rings (SSSR count). The van der Waals surface area contributed by atoms with Gasteiger partial charge in [0.15, 0.2) is 0 Å². The molecule has 0 radical (unpaired) electrons. The molecular formula is C23H22N4O4S. The molecular weight excluding hydrogens is 428 g/mol. The van der Waals surface area contributed by atoms with Crippen molar-refractivity contribution < 1.29 is 12.8 Å². The predicted molar refractivity (Wildman–Crippen MR) is 119 cm³/mol. The number of benzene rings is 2. The van der Waals surface area contributed by atoms with Crippen LogP contribution in [-0.2, 0) is 22.9 Å². The molecule has 0 saturated heterocycles. The first-order chi connectivity index (χ1) is 15.4. The van der Waals surface area contributed by atoms with E-state index in [2.05, 4.69) is 26.0 Å². The number of pyridine rings is 1. The number of hydrogen-bond acceptors (Lipinski definition) is 6. The van der Waals surface area contributed by atoms with E-state index in [-0.39, 0.29) is 16.7 Å². The van der Waals surface area contributed by atoms with Crippen molar-refractivity contribution in [2.75, 3.05) is 0 Å². The largest absolute Gasteiger partial charge is 0.434 e. The second-order valence-corrected chi connectivity index (χ2v) is 9.69. The number of aromatic nitrogens is 3. The van der Waals surface area contributed by atoms with E-state index in [9.17, 15) is 13.2 Å². The van der Waals surface area contributed by atoms with Crippen molar-refractivity contribution in [3.63, 3.8) is 0 Å². The molecule has 2 N–H and O–H groups in total. The molecule has 0 amide bonds. The maximum Gasteiger partial charge on any atom is 0.434 e. The summed E-state index contributed by atoms with van der Waals surface area (Å²) in [6.45, 7) is 1.91. The van der Waals surface area contributed by atoms with Crippen molar-refractivity contribution in [2.24, 2.45) is 0 Å². The SMILES string of the molecule is C[C@H](c1cccc2c1CCC2)[C@H](NS(=O)(=O)c1cccc2cccnc12)c1n[nH]c(=O)o1. The number of para-hydroxylation sites is 1. The van der Waals surface area contributed by atoms with Crippen molar-refractivity contribution >= 4 is 20.9 Å². The fourth-order valence-corrected chi connectivity index (χ4v) is 5.97. The van der Waals surface area contributed by atoms with E-state index < -0.39 is 21.8 Å². The lowest BCUT2D eigenvalue weighted by atomic mass is 9.88. The molecule has 164 valence electrons. The molecule has 0 aliphatic heterocycles. The van der Waals surface area contributed by atoms with E-state index in [4.69, 9.17) is 4.42 Å². The number of hydrogen-bond donors (Lipinski definition) is 2. The Morgan fingerprint density at radius 3 is 2.72 bits per heavy atom. The van der Waals surface area contributed by atoms with Crippen LogP contribution in [-0.4, -0.2) is 23.6 Å². The van der Waals surface area contributed by atoms with Crippen LogP contribution in [0.3, 0.4) is 0 Å². The van der Waals surface area contributed by atoms with Gasteiger partial charge in [0.25, 0.3) is 0 Å². The molecule has 0 saturated carbocycles. The van der Waals surface area contributed by atoms with Gasteiger partial charge in [-0.2, -0.15) is 4.72 Å². The van der Waals surface area contributed by atoms with Crippen LogP contribution < -0.4 is 10.5 Å². The van der Waals surface area contributed by atoms with Crippen molar-refractivity contribution in [3.05, 3.63) is 87.9 Å². The van der Waals surface area contributed by atoms with Crippen LogP contribution in [0.5, 0.6) is 0 Å². The minimum atomic E-state index is -4.02. The minimum absolute atomic E-state index is 0.00475. The number of nitrogens with zero attached hydrogens (tertiary/aromatic N) is 2. The fourth-order valence-electron chi connectivity index (χ4n) is 4.52. The predicted octanol–water partition coefficient (Wildman–Crippen LogP) is 3.22. The first kappa shape index (κ1) is 20.6. The van der Waals surface area contributed by atoms with Gasteiger partial charge < -0.3 is 4.42 Å². The highest BCUT2D eigenvalue weighted by atomic mass is 32.2. The van der Waals surface area contributed by atoms with Gasteiger partial charge in [-0.1, -0.05) is 43.3 Å². The van der Waals surface area contributed by atoms with Gasteiger partial charge in [-0.05, 0) is 48.1 Å². The summed E-state index contributed by atoms with van der Waals surface area (Å²) in [5, 5.41) is 6.91. The summed E-state index contributed by atoms with van der Waals surface area (Å²) in [5.41, 5.74) is 3.90. The lowest BCUT2D eigenvalue weighted by Gasteiger charge is -2.24. The normalized spacial score (nSPS) is 15.5. The third kappa shape index (κ3) is 3.63. The average Bonchev–Trinajstić information content (AvgIpc) is 3.45. The summed E-state index contributed by atoms with van der Waals surface area (Å²) in [5.74, 6) is -1.07. The monoisotopic (exact) mass is 450 g/mol. The van der Waals surface area contributed by atoms with Crippen molar-refractivity contribution in [3.8, 4) is 0 Å². The Morgan fingerprint density at radius 1 is 1.09 bits per heavy atom. The van der Waals surface area contributed by atoms with Gasteiger partial charge in [-0.25, -0.2) is 18.3 Å². The summed E-state index contributed by atoms with van der Waals surface area (Å²) in [6, 6.07) is 13.8. The van der Waals surface area contributed by atoms with Crippen LogP contribution in [0.4, 0.5) is 0 Å². The molecule has 4 aromatic rings. The number of aryl methyl sites for hydroxylation is 1. The highest BCUT2D eigenvalue weighted by Gasteiger charge is 2.33. The Labute approximate surface area is 184 Å². The molecule has 1 aliphatic carbocycles. The van der Waals surface area contributed by atoms with E-state index in [1.165, 1.54) is 17.2 Å². The van der Waals surface area contributed by atoms with Crippen LogP contribution in [0.25, 0.3) is 10.9 Å². The highest BCUT2D eigenvalue weighted by Crippen LogP contribution is 2.37. The Morgan fingerprint density at radius 2 is 1.91 bits per heavy atom. The Kier molecular flexibility index (Phi) is 5.15. The summed E-state index contributed by atoms with van der Waals surface area (Å²) >= 11 is 0. The summed E-state index contributed by atoms with van der Waals surface area (Å²) in [6.07, 6.45) is 4.56. The quantitative estimate of drug-likeness (QED) is 0.466.